The summed E-state index contributed by atoms with van der Waals surface area (Å²) >= 11 is 0. The minimum atomic E-state index is -0.893. The maximum Gasteiger partial charge on any atom is 0.274 e. The van der Waals surface area contributed by atoms with Gasteiger partial charge in [-0.05, 0) is 12.3 Å². The van der Waals surface area contributed by atoms with Crippen molar-refractivity contribution in [3.05, 3.63) is 0 Å². The second-order valence-corrected chi connectivity index (χ2v) is 3.57. The minimum absolute atomic E-state index is 0.352. The predicted molar refractivity (Wildman–Crippen MR) is 47.7 cm³/mol. The Balaban J connectivity index is 2.28. The first kappa shape index (κ1) is 10.5. The maximum atomic E-state index is 11.3. The molecule has 0 saturated heterocycles. The lowest BCUT2D eigenvalue weighted by atomic mass is 9.81. The lowest BCUT2D eigenvalue weighted by Crippen LogP contribution is -2.37. The fourth-order valence-corrected chi connectivity index (χ4v) is 1.44. The van der Waals surface area contributed by atoms with Crippen LogP contribution in [0.5, 0.6) is 0 Å². The number of hydrogen-bond donors (Lipinski definition) is 1. The molecule has 0 aliphatic heterocycles. The molecule has 1 aliphatic rings. The third kappa shape index (κ3) is 2.67. The van der Waals surface area contributed by atoms with Gasteiger partial charge in [0.05, 0.1) is 7.11 Å². The van der Waals surface area contributed by atoms with Crippen molar-refractivity contribution < 1.29 is 14.7 Å². The van der Waals surface area contributed by atoms with E-state index in [1.54, 1.807) is 0 Å². The molecule has 1 N–H and O–H groups in total. The summed E-state index contributed by atoms with van der Waals surface area (Å²) in [6.45, 7) is 0. The predicted octanol–water partition coefficient (Wildman–Crippen LogP) is 0.557. The van der Waals surface area contributed by atoms with E-state index < -0.39 is 6.10 Å². The first-order valence-corrected chi connectivity index (χ1v) is 4.65. The van der Waals surface area contributed by atoms with Crippen LogP contribution in [0.2, 0.25) is 0 Å². The van der Waals surface area contributed by atoms with Crippen molar-refractivity contribution in [2.45, 2.75) is 31.8 Å². The molecule has 0 unspecified atom stereocenters. The van der Waals surface area contributed by atoms with E-state index >= 15 is 0 Å². The smallest absolute Gasteiger partial charge is 0.274 e. The largest absolute Gasteiger partial charge is 0.383 e. The van der Waals surface area contributed by atoms with E-state index in [-0.39, 0.29) is 5.91 Å². The number of carbonyl (C=O) groups is 1. The number of aliphatic hydroxyl groups is 1. The van der Waals surface area contributed by atoms with Crippen molar-refractivity contribution in [3.63, 3.8) is 0 Å². The molecule has 1 fully saturated rings. The fourth-order valence-electron chi connectivity index (χ4n) is 1.44. The molecule has 1 rings (SSSR count). The monoisotopic (exact) mass is 187 g/mol. The summed E-state index contributed by atoms with van der Waals surface area (Å²) in [6.07, 6.45) is 3.19. The van der Waals surface area contributed by atoms with Crippen LogP contribution in [0, 0.1) is 5.92 Å². The highest BCUT2D eigenvalue weighted by Crippen LogP contribution is 2.30. The van der Waals surface area contributed by atoms with Gasteiger partial charge < -0.3 is 5.11 Å². The molecular formula is C9H17NO3. The van der Waals surface area contributed by atoms with Gasteiger partial charge in [-0.15, -0.1) is 0 Å². The van der Waals surface area contributed by atoms with Gasteiger partial charge in [-0.2, -0.15) is 0 Å². The first-order valence-electron chi connectivity index (χ1n) is 4.65. The molecule has 76 valence electrons. The van der Waals surface area contributed by atoms with Crippen LogP contribution in [0.25, 0.3) is 0 Å². The topological polar surface area (TPSA) is 49.8 Å². The van der Waals surface area contributed by atoms with Crippen molar-refractivity contribution >= 4 is 5.91 Å². The molecule has 1 atom stereocenters. The van der Waals surface area contributed by atoms with Crippen LogP contribution in [-0.4, -0.2) is 36.3 Å². The van der Waals surface area contributed by atoms with Crippen LogP contribution >= 0.6 is 0 Å². The van der Waals surface area contributed by atoms with Crippen molar-refractivity contribution in [1.29, 1.82) is 0 Å². The Morgan fingerprint density at radius 1 is 1.69 bits per heavy atom. The molecule has 0 heterocycles. The Morgan fingerprint density at radius 3 is 2.69 bits per heavy atom. The third-order valence-electron chi connectivity index (χ3n) is 2.65. The number of hydroxylamine groups is 2. The Hall–Kier alpha value is -0.610. The highest BCUT2D eigenvalue weighted by atomic mass is 16.7. The summed E-state index contributed by atoms with van der Waals surface area (Å²) in [5.41, 5.74) is 0. The third-order valence-corrected chi connectivity index (χ3v) is 2.65. The average Bonchev–Trinajstić information content (AvgIpc) is 2.08. The molecule has 1 aliphatic carbocycles. The fraction of sp³-hybridized carbons (Fsp3) is 0.889. The molecule has 0 radical (unpaired) electrons. The summed E-state index contributed by atoms with van der Waals surface area (Å²) in [6, 6.07) is 0. The van der Waals surface area contributed by atoms with Crippen LogP contribution in [0.3, 0.4) is 0 Å². The zero-order chi connectivity index (χ0) is 9.84. The normalized spacial score (nSPS) is 19.3. The van der Waals surface area contributed by atoms with E-state index in [2.05, 4.69) is 0 Å². The van der Waals surface area contributed by atoms with Crippen molar-refractivity contribution in [1.82, 2.24) is 5.06 Å². The Labute approximate surface area is 78.4 Å². The first-order chi connectivity index (χ1) is 6.15. The quantitative estimate of drug-likeness (QED) is 0.654. The van der Waals surface area contributed by atoms with Crippen LogP contribution in [0.15, 0.2) is 0 Å². The summed E-state index contributed by atoms with van der Waals surface area (Å²) in [4.78, 5) is 16.0. The molecule has 0 spiro atoms. The second kappa shape index (κ2) is 4.58. The van der Waals surface area contributed by atoms with E-state index in [4.69, 9.17) is 4.84 Å². The van der Waals surface area contributed by atoms with Gasteiger partial charge in [0.2, 0.25) is 0 Å². The number of likely N-dealkylation sites (N-methyl/N-ethyl adjacent to an activating group) is 1. The van der Waals surface area contributed by atoms with Gasteiger partial charge in [-0.3, -0.25) is 9.63 Å². The second-order valence-electron chi connectivity index (χ2n) is 3.57. The molecule has 4 nitrogen and oxygen atoms in total. The van der Waals surface area contributed by atoms with Gasteiger partial charge >= 0.3 is 0 Å². The molecule has 13 heavy (non-hydrogen) atoms. The standard InChI is InChI=1S/C9H17NO3/c1-10(13-2)9(12)8(11)6-7-4-3-5-7/h7-8,11H,3-6H2,1-2H3/t8-/m0/s1. The number of hydrogen-bond acceptors (Lipinski definition) is 3. The van der Waals surface area contributed by atoms with Crippen LogP contribution < -0.4 is 0 Å². The minimum Gasteiger partial charge on any atom is -0.383 e. The molecule has 1 amide bonds. The average molecular weight is 187 g/mol. The Morgan fingerprint density at radius 2 is 2.31 bits per heavy atom. The van der Waals surface area contributed by atoms with Crippen molar-refractivity contribution in [2.75, 3.05) is 14.2 Å². The van der Waals surface area contributed by atoms with Gasteiger partial charge in [0, 0.05) is 7.05 Å². The molecule has 0 aromatic rings. The highest BCUT2D eigenvalue weighted by molar-refractivity contribution is 5.79. The lowest BCUT2D eigenvalue weighted by Gasteiger charge is -2.28. The number of rotatable bonds is 4. The summed E-state index contributed by atoms with van der Waals surface area (Å²) in [5.74, 6) is 0.179. The SMILES string of the molecule is CON(C)C(=O)[C@@H](O)CC1CCC1. The van der Waals surface area contributed by atoms with E-state index in [1.165, 1.54) is 20.6 Å². The van der Waals surface area contributed by atoms with E-state index in [1.807, 2.05) is 0 Å². The number of aliphatic hydroxyl groups excluding tert-OH is 1. The maximum absolute atomic E-state index is 11.3. The van der Waals surface area contributed by atoms with E-state index in [0.717, 1.165) is 17.9 Å². The zero-order valence-electron chi connectivity index (χ0n) is 8.19. The van der Waals surface area contributed by atoms with Crippen molar-refractivity contribution in [3.8, 4) is 0 Å². The zero-order valence-corrected chi connectivity index (χ0v) is 8.19. The number of amides is 1. The van der Waals surface area contributed by atoms with Crippen molar-refractivity contribution in [2.24, 2.45) is 5.92 Å². The van der Waals surface area contributed by atoms with Gasteiger partial charge in [0.1, 0.15) is 6.10 Å². The van der Waals surface area contributed by atoms with Gasteiger partial charge in [0.15, 0.2) is 0 Å². The summed E-state index contributed by atoms with van der Waals surface area (Å²) in [5, 5.41) is 10.6. The number of nitrogens with zero attached hydrogens (tertiary/aromatic N) is 1. The van der Waals surface area contributed by atoms with Gasteiger partial charge in [0.25, 0.3) is 5.91 Å². The van der Waals surface area contributed by atoms with Gasteiger partial charge in [-0.1, -0.05) is 19.3 Å². The molecule has 0 aromatic heterocycles. The van der Waals surface area contributed by atoms with E-state index in [9.17, 15) is 9.90 Å². The molecule has 0 aromatic carbocycles. The lowest BCUT2D eigenvalue weighted by molar-refractivity contribution is -0.178. The van der Waals surface area contributed by atoms with Crippen LogP contribution in [0.4, 0.5) is 0 Å². The van der Waals surface area contributed by atoms with Crippen LogP contribution in [-0.2, 0) is 9.63 Å². The van der Waals surface area contributed by atoms with Gasteiger partial charge in [-0.25, -0.2) is 5.06 Å². The summed E-state index contributed by atoms with van der Waals surface area (Å²) in [7, 11) is 2.92. The molecule has 1 saturated carbocycles. The number of carbonyl (C=O) groups excluding carboxylic acids is 1. The Bertz CT molecular complexity index is 180. The van der Waals surface area contributed by atoms with E-state index in [0.29, 0.717) is 12.3 Å². The molecule has 0 bridgehead atoms. The Kier molecular flexibility index (Phi) is 3.69. The van der Waals surface area contributed by atoms with Crippen LogP contribution in [0.1, 0.15) is 25.7 Å². The molecule has 4 heteroatoms. The highest BCUT2D eigenvalue weighted by Gasteiger charge is 2.26. The summed E-state index contributed by atoms with van der Waals surface area (Å²) < 4.78 is 0. The molecular weight excluding hydrogens is 170 g/mol.